The molecular weight excluding hydrogens is 793 g/mol. The molecule has 0 aliphatic heterocycles. The van der Waals surface area contributed by atoms with E-state index in [2.05, 4.69) is 255 Å². The van der Waals surface area contributed by atoms with Crippen LogP contribution in [0, 0.1) is 0 Å². The van der Waals surface area contributed by atoms with E-state index in [0.29, 0.717) is 0 Å². The molecule has 11 aromatic carbocycles. The summed E-state index contributed by atoms with van der Waals surface area (Å²) in [7, 11) is 0. The van der Waals surface area contributed by atoms with Gasteiger partial charge in [0.1, 0.15) is 0 Å². The maximum absolute atomic E-state index is 2.52. The molecule has 0 heteroatoms. The molecule has 0 amide bonds. The van der Waals surface area contributed by atoms with E-state index in [1.54, 1.807) is 0 Å². The predicted molar refractivity (Wildman–Crippen MR) is 281 cm³/mol. The van der Waals surface area contributed by atoms with Crippen molar-refractivity contribution in [2.75, 3.05) is 0 Å². The molecule has 0 bridgehead atoms. The molecule has 0 aromatic heterocycles. The Morgan fingerprint density at radius 3 is 1.02 bits per heavy atom. The van der Waals surface area contributed by atoms with Gasteiger partial charge in [0.25, 0.3) is 0 Å². The van der Waals surface area contributed by atoms with Crippen LogP contribution in [0.25, 0.3) is 93.6 Å². The Balaban J connectivity index is 1.24. The van der Waals surface area contributed by atoms with E-state index in [1.807, 2.05) is 0 Å². The summed E-state index contributed by atoms with van der Waals surface area (Å²) in [6, 6.07) is 94.2. The monoisotopic (exact) mass is 834 g/mol. The quantitative estimate of drug-likeness (QED) is 0.140. The van der Waals surface area contributed by atoms with Crippen LogP contribution in [-0.4, -0.2) is 0 Å². The zero-order valence-electron chi connectivity index (χ0n) is 36.2. The third-order valence-corrected chi connectivity index (χ3v) is 13.8. The lowest BCUT2D eigenvalue weighted by Gasteiger charge is -2.22. The summed E-state index contributed by atoms with van der Waals surface area (Å²) >= 11 is 0. The summed E-state index contributed by atoms with van der Waals surface area (Å²) in [6.07, 6.45) is 0. The smallest absolute Gasteiger partial charge is 0.000115 e. The maximum Gasteiger partial charge on any atom is -0.000115 e. The van der Waals surface area contributed by atoms with E-state index < -0.39 is 0 Å². The van der Waals surface area contributed by atoms with Gasteiger partial charge in [0, 0.05) is 0 Å². The number of rotatable bonds is 7. The molecule has 0 saturated heterocycles. The number of hydrogen-bond acceptors (Lipinski definition) is 0. The van der Waals surface area contributed by atoms with Gasteiger partial charge in [-0.3, -0.25) is 0 Å². The molecule has 0 spiro atoms. The largest absolute Gasteiger partial charge is 0.0622 e. The van der Waals surface area contributed by atoms with Gasteiger partial charge in [-0.2, -0.15) is 0 Å². The molecule has 0 unspecified atom stereocenters. The Morgan fingerprint density at radius 2 is 0.530 bits per heavy atom. The average Bonchev–Trinajstić information content (AvgIpc) is 3.90. The molecular formula is C66H42. The minimum atomic E-state index is 1.20. The van der Waals surface area contributed by atoms with Crippen LogP contribution < -0.4 is 0 Å². The van der Waals surface area contributed by atoms with Crippen molar-refractivity contribution in [3.05, 3.63) is 294 Å². The van der Waals surface area contributed by atoms with E-state index in [1.165, 1.54) is 133 Å². The second-order valence-corrected chi connectivity index (χ2v) is 17.4. The number of hydrogen-bond donors (Lipinski definition) is 0. The van der Waals surface area contributed by atoms with Gasteiger partial charge in [0.05, 0.1) is 0 Å². The van der Waals surface area contributed by atoms with Gasteiger partial charge in [-0.15, -0.1) is 0 Å². The highest BCUT2D eigenvalue weighted by atomic mass is 14.4. The molecule has 2 aliphatic carbocycles. The summed E-state index contributed by atoms with van der Waals surface area (Å²) in [5, 5.41) is 7.45. The van der Waals surface area contributed by atoms with Crippen molar-refractivity contribution in [3.63, 3.8) is 0 Å². The van der Waals surface area contributed by atoms with Crippen molar-refractivity contribution < 1.29 is 0 Å². The van der Waals surface area contributed by atoms with E-state index >= 15 is 0 Å². The number of fused-ring (bicyclic) bond motifs is 6. The second kappa shape index (κ2) is 15.6. The van der Waals surface area contributed by atoms with Crippen molar-refractivity contribution in [2.24, 2.45) is 0 Å². The molecule has 0 fully saturated rings. The first-order valence-electron chi connectivity index (χ1n) is 22.9. The standard InChI is InChI=1S/C66H42/c1-6-23-44(24-7-1)55-41-57-58(42-56(55)45-25-8-2-9-26-45)64-65(60(57)46-27-10-3-11-28-46)61(47-29-12-4-13-30-47)62(48-31-14-5-15-32-48)66(64)63-53-36-20-18-34-51(53)59(52-35-19-21-37-54(52)63)50-39-38-43-22-16-17-33-49(43)40-50/h1-42H. The third kappa shape index (κ3) is 6.00. The molecule has 0 saturated carbocycles. The lowest BCUT2D eigenvalue weighted by molar-refractivity contribution is 1.52. The predicted octanol–water partition coefficient (Wildman–Crippen LogP) is 17.5. The lowest BCUT2D eigenvalue weighted by atomic mass is 9.80. The Hall–Kier alpha value is -8.58. The van der Waals surface area contributed by atoms with Crippen molar-refractivity contribution in [1.82, 2.24) is 0 Å². The van der Waals surface area contributed by atoms with Gasteiger partial charge in [-0.25, -0.2) is 0 Å². The van der Waals surface area contributed by atoms with Gasteiger partial charge in [-0.05, 0) is 151 Å². The first-order chi connectivity index (χ1) is 32.8. The van der Waals surface area contributed by atoms with Gasteiger partial charge in [0.15, 0.2) is 0 Å². The molecule has 0 N–H and O–H groups in total. The molecule has 0 nitrogen and oxygen atoms in total. The Morgan fingerprint density at radius 1 is 0.167 bits per heavy atom. The van der Waals surface area contributed by atoms with E-state index in [4.69, 9.17) is 0 Å². The summed E-state index contributed by atoms with van der Waals surface area (Å²) in [4.78, 5) is 0. The SMILES string of the molecule is c1ccc(C2=C(c3ccccc3)C(c3c4ccccc4c(-c4ccc5ccccc5c4)c4ccccc34)=C3C2=C(c2ccccc2)c2cc(-c4ccccc4)c(-c4ccccc4)cc23)cc1. The molecule has 11 aromatic rings. The van der Waals surface area contributed by atoms with Crippen molar-refractivity contribution >= 4 is 60.2 Å². The fraction of sp³-hybridized carbons (Fsp3) is 0. The van der Waals surface area contributed by atoms with Gasteiger partial charge >= 0.3 is 0 Å². The fourth-order valence-electron chi connectivity index (χ4n) is 11.0. The number of allylic oxidation sites excluding steroid dienone is 5. The fourth-order valence-corrected chi connectivity index (χ4v) is 11.0. The summed E-state index contributed by atoms with van der Waals surface area (Å²) in [5.74, 6) is 0. The van der Waals surface area contributed by atoms with Crippen LogP contribution in [0.5, 0.6) is 0 Å². The second-order valence-electron chi connectivity index (χ2n) is 17.4. The van der Waals surface area contributed by atoms with Crippen LogP contribution in [0.1, 0.15) is 33.4 Å². The minimum absolute atomic E-state index is 1.20. The van der Waals surface area contributed by atoms with Crippen LogP contribution in [-0.2, 0) is 0 Å². The first kappa shape index (κ1) is 37.9. The maximum atomic E-state index is 2.52. The third-order valence-electron chi connectivity index (χ3n) is 13.8. The highest BCUT2D eigenvalue weighted by molar-refractivity contribution is 6.42. The van der Waals surface area contributed by atoms with Crippen LogP contribution in [0.4, 0.5) is 0 Å². The Labute approximate surface area is 385 Å². The molecule has 0 atom stereocenters. The molecule has 13 rings (SSSR count). The Kier molecular flexibility index (Phi) is 8.96. The van der Waals surface area contributed by atoms with Gasteiger partial charge in [-0.1, -0.05) is 237 Å². The van der Waals surface area contributed by atoms with Gasteiger partial charge in [0.2, 0.25) is 0 Å². The summed E-state index contributed by atoms with van der Waals surface area (Å²) in [5.41, 5.74) is 22.3. The van der Waals surface area contributed by atoms with Crippen molar-refractivity contribution in [1.29, 1.82) is 0 Å². The normalized spacial score (nSPS) is 13.3. The zero-order valence-corrected chi connectivity index (χ0v) is 36.2. The molecule has 0 heterocycles. The van der Waals surface area contributed by atoms with Gasteiger partial charge < -0.3 is 0 Å². The first-order valence-corrected chi connectivity index (χ1v) is 22.9. The van der Waals surface area contributed by atoms with Crippen LogP contribution in [0.15, 0.2) is 260 Å². The molecule has 66 heavy (non-hydrogen) atoms. The van der Waals surface area contributed by atoms with E-state index in [9.17, 15) is 0 Å². The van der Waals surface area contributed by atoms with E-state index in [-0.39, 0.29) is 0 Å². The number of benzene rings is 11. The highest BCUT2D eigenvalue weighted by Gasteiger charge is 2.42. The van der Waals surface area contributed by atoms with E-state index in [0.717, 1.165) is 0 Å². The summed E-state index contributed by atoms with van der Waals surface area (Å²) < 4.78 is 0. The molecule has 0 radical (unpaired) electrons. The van der Waals surface area contributed by atoms with Crippen LogP contribution in [0.3, 0.4) is 0 Å². The molecule has 306 valence electrons. The highest BCUT2D eigenvalue weighted by Crippen LogP contribution is 2.64. The van der Waals surface area contributed by atoms with Crippen LogP contribution >= 0.6 is 0 Å². The van der Waals surface area contributed by atoms with Crippen molar-refractivity contribution in [2.45, 2.75) is 0 Å². The topological polar surface area (TPSA) is 0 Å². The summed E-state index contributed by atoms with van der Waals surface area (Å²) in [6.45, 7) is 0. The minimum Gasteiger partial charge on any atom is -0.0622 e. The zero-order chi connectivity index (χ0) is 43.6. The lowest BCUT2D eigenvalue weighted by Crippen LogP contribution is -1.99. The average molecular weight is 835 g/mol. The van der Waals surface area contributed by atoms with Crippen LogP contribution in [0.2, 0.25) is 0 Å². The molecule has 2 aliphatic rings. The Bertz CT molecular complexity index is 3740. The van der Waals surface area contributed by atoms with Crippen molar-refractivity contribution in [3.8, 4) is 33.4 Å².